The van der Waals surface area contributed by atoms with Crippen LogP contribution < -0.4 is 5.43 Å². The molecule has 0 amide bonds. The Labute approximate surface area is 41.4 Å². The third kappa shape index (κ3) is 1.17. The van der Waals surface area contributed by atoms with E-state index in [4.69, 9.17) is 0 Å². The lowest BCUT2D eigenvalue weighted by Crippen LogP contribution is -1.90. The first-order valence-electron chi connectivity index (χ1n) is 1.95. The van der Waals surface area contributed by atoms with Gasteiger partial charge in [0.25, 0.3) is 0 Å². The van der Waals surface area contributed by atoms with Gasteiger partial charge in [0.1, 0.15) is 0 Å². The standard InChI is InChI=1S/C4H5N3/c1-3-6-7-4-2-5-1/h1-4,6H. The molecule has 0 unspecified atom stereocenters. The fourth-order valence-corrected chi connectivity index (χ4v) is 0.284. The molecule has 1 heterocycles. The summed E-state index contributed by atoms with van der Waals surface area (Å²) in [6.45, 7) is 0. The maximum atomic E-state index is 3.75. The molecule has 0 aromatic carbocycles. The van der Waals surface area contributed by atoms with Gasteiger partial charge >= 0.3 is 0 Å². The fourth-order valence-electron chi connectivity index (χ4n) is 0.284. The normalized spacial score (nSPS) is 16.0. The minimum absolute atomic E-state index is 1.58. The largest absolute Gasteiger partial charge is 0.284 e. The summed E-state index contributed by atoms with van der Waals surface area (Å²) in [4.78, 5) is 3.75. The van der Waals surface area contributed by atoms with Crippen LogP contribution in [0.4, 0.5) is 0 Å². The van der Waals surface area contributed by atoms with Crippen LogP contribution in [0.25, 0.3) is 0 Å². The first-order valence-corrected chi connectivity index (χ1v) is 1.95. The Morgan fingerprint density at radius 1 is 1.29 bits per heavy atom. The molecule has 3 nitrogen and oxygen atoms in total. The molecule has 0 aromatic rings. The zero-order valence-corrected chi connectivity index (χ0v) is 3.70. The molecule has 0 saturated heterocycles. The number of nitrogens with zero attached hydrogens (tertiary/aromatic N) is 2. The van der Waals surface area contributed by atoms with Crippen molar-refractivity contribution in [3.05, 3.63) is 12.4 Å². The van der Waals surface area contributed by atoms with Gasteiger partial charge in [0.2, 0.25) is 0 Å². The molecule has 0 spiro atoms. The first kappa shape index (κ1) is 4.05. The zero-order valence-electron chi connectivity index (χ0n) is 3.70. The fraction of sp³-hybridized carbons (Fsp3) is 0. The van der Waals surface area contributed by atoms with Crippen molar-refractivity contribution in [3.63, 3.8) is 0 Å². The van der Waals surface area contributed by atoms with Crippen LogP contribution in [-0.2, 0) is 0 Å². The molecule has 0 aromatic heterocycles. The summed E-state index contributed by atoms with van der Waals surface area (Å²) >= 11 is 0. The average Bonchev–Trinajstić information content (AvgIpc) is 1.90. The number of rotatable bonds is 0. The molecule has 1 N–H and O–H groups in total. The van der Waals surface area contributed by atoms with E-state index >= 15 is 0 Å². The Balaban J connectivity index is 2.60. The van der Waals surface area contributed by atoms with Gasteiger partial charge in [-0.15, -0.1) is 0 Å². The van der Waals surface area contributed by atoms with E-state index in [1.54, 1.807) is 24.8 Å². The van der Waals surface area contributed by atoms with Crippen molar-refractivity contribution in [2.24, 2.45) is 10.1 Å². The lowest BCUT2D eigenvalue weighted by Gasteiger charge is -1.78. The van der Waals surface area contributed by atoms with Crippen LogP contribution in [-0.4, -0.2) is 12.4 Å². The second-order valence-corrected chi connectivity index (χ2v) is 1.02. The van der Waals surface area contributed by atoms with E-state index in [0.717, 1.165) is 0 Å². The summed E-state index contributed by atoms with van der Waals surface area (Å²) in [5.74, 6) is 0. The molecule has 36 valence electrons. The predicted molar refractivity (Wildman–Crippen MR) is 29.3 cm³/mol. The number of hydrazone groups is 1. The van der Waals surface area contributed by atoms with E-state index in [1.165, 1.54) is 0 Å². The van der Waals surface area contributed by atoms with Gasteiger partial charge in [0, 0.05) is 18.6 Å². The Hall–Kier alpha value is -1.12. The quantitative estimate of drug-likeness (QED) is 0.455. The lowest BCUT2D eigenvalue weighted by atomic mass is 10.8. The highest BCUT2D eigenvalue weighted by Crippen LogP contribution is 1.71. The van der Waals surface area contributed by atoms with E-state index < -0.39 is 0 Å². The molecule has 0 saturated carbocycles. The summed E-state index contributed by atoms with van der Waals surface area (Å²) in [5, 5.41) is 3.66. The van der Waals surface area contributed by atoms with Crippen molar-refractivity contribution in [1.82, 2.24) is 5.43 Å². The SMILES string of the molecule is C1=CNN=CC=N1. The van der Waals surface area contributed by atoms with Crippen LogP contribution in [0.5, 0.6) is 0 Å². The molecular weight excluding hydrogens is 90.1 g/mol. The van der Waals surface area contributed by atoms with Gasteiger partial charge in [-0.2, -0.15) is 5.10 Å². The molecule has 7 heavy (non-hydrogen) atoms. The average molecular weight is 95.1 g/mol. The van der Waals surface area contributed by atoms with Crippen LogP contribution in [0.2, 0.25) is 0 Å². The van der Waals surface area contributed by atoms with E-state index in [2.05, 4.69) is 15.5 Å². The van der Waals surface area contributed by atoms with E-state index in [9.17, 15) is 0 Å². The molecular formula is C4H5N3. The minimum Gasteiger partial charge on any atom is -0.284 e. The maximum Gasteiger partial charge on any atom is 0.0654 e. The van der Waals surface area contributed by atoms with Gasteiger partial charge in [-0.3, -0.25) is 10.4 Å². The molecule has 0 radical (unpaired) electrons. The van der Waals surface area contributed by atoms with Crippen molar-refractivity contribution in [2.75, 3.05) is 0 Å². The van der Waals surface area contributed by atoms with Gasteiger partial charge < -0.3 is 0 Å². The van der Waals surface area contributed by atoms with E-state index in [1.807, 2.05) is 0 Å². The van der Waals surface area contributed by atoms with Crippen molar-refractivity contribution in [3.8, 4) is 0 Å². The van der Waals surface area contributed by atoms with Crippen molar-refractivity contribution in [2.45, 2.75) is 0 Å². The zero-order chi connectivity index (χ0) is 4.95. The lowest BCUT2D eigenvalue weighted by molar-refractivity contribution is 0.978. The van der Waals surface area contributed by atoms with Crippen molar-refractivity contribution < 1.29 is 0 Å². The monoisotopic (exact) mass is 95.0 g/mol. The number of nitrogens with one attached hydrogen (secondary N) is 1. The van der Waals surface area contributed by atoms with Crippen LogP contribution in [0, 0.1) is 0 Å². The summed E-state index contributed by atoms with van der Waals surface area (Å²) in [7, 11) is 0. The highest BCUT2D eigenvalue weighted by molar-refractivity contribution is 6.16. The van der Waals surface area contributed by atoms with Gasteiger partial charge in [0.15, 0.2) is 0 Å². The molecule has 3 heteroatoms. The minimum atomic E-state index is 1.58. The first-order chi connectivity index (χ1) is 3.50. The summed E-state index contributed by atoms with van der Waals surface area (Å²) in [5.41, 5.74) is 2.61. The second kappa shape index (κ2) is 2.12. The predicted octanol–water partition coefficient (Wildman–Crippen LogP) is 0.117. The molecule has 0 aliphatic carbocycles. The van der Waals surface area contributed by atoms with Gasteiger partial charge in [0.05, 0.1) is 6.21 Å². The summed E-state index contributed by atoms with van der Waals surface area (Å²) < 4.78 is 0. The van der Waals surface area contributed by atoms with Crippen molar-refractivity contribution in [1.29, 1.82) is 0 Å². The molecule has 0 atom stereocenters. The van der Waals surface area contributed by atoms with Crippen LogP contribution in [0.3, 0.4) is 0 Å². The number of hydrogen-bond donors (Lipinski definition) is 1. The molecule has 1 rings (SSSR count). The Kier molecular flexibility index (Phi) is 1.23. The molecule has 0 bridgehead atoms. The number of aliphatic imine (C=N–C) groups is 1. The molecule has 1 aliphatic heterocycles. The van der Waals surface area contributed by atoms with Gasteiger partial charge in [-0.1, -0.05) is 0 Å². The van der Waals surface area contributed by atoms with Crippen LogP contribution >= 0.6 is 0 Å². The highest BCUT2D eigenvalue weighted by Gasteiger charge is 1.68. The smallest absolute Gasteiger partial charge is 0.0654 e. The Morgan fingerprint density at radius 2 is 2.29 bits per heavy atom. The Morgan fingerprint density at radius 3 is 3.29 bits per heavy atom. The van der Waals surface area contributed by atoms with Crippen LogP contribution in [0.1, 0.15) is 0 Å². The maximum absolute atomic E-state index is 3.75. The Bertz CT molecular complexity index is 109. The second-order valence-electron chi connectivity index (χ2n) is 1.02. The molecule has 1 aliphatic rings. The third-order valence-electron chi connectivity index (χ3n) is 0.537. The molecule has 0 fully saturated rings. The van der Waals surface area contributed by atoms with Crippen molar-refractivity contribution >= 4 is 12.4 Å². The third-order valence-corrected chi connectivity index (χ3v) is 0.537. The van der Waals surface area contributed by atoms with E-state index in [-0.39, 0.29) is 0 Å². The summed E-state index contributed by atoms with van der Waals surface area (Å²) in [6.07, 6.45) is 6.48. The van der Waals surface area contributed by atoms with Gasteiger partial charge in [-0.05, 0) is 0 Å². The van der Waals surface area contributed by atoms with Gasteiger partial charge in [-0.25, -0.2) is 0 Å². The van der Waals surface area contributed by atoms with E-state index in [0.29, 0.717) is 0 Å². The summed E-state index contributed by atoms with van der Waals surface area (Å²) in [6, 6.07) is 0. The topological polar surface area (TPSA) is 36.8 Å². The number of hydrogen-bond acceptors (Lipinski definition) is 3. The highest BCUT2D eigenvalue weighted by atomic mass is 15.3. The van der Waals surface area contributed by atoms with Crippen LogP contribution in [0.15, 0.2) is 22.5 Å².